The van der Waals surface area contributed by atoms with Crippen molar-refractivity contribution in [2.75, 3.05) is 33.8 Å². The Morgan fingerprint density at radius 3 is 2.80 bits per heavy atom. The van der Waals surface area contributed by atoms with Crippen molar-refractivity contribution in [1.29, 1.82) is 0 Å². The van der Waals surface area contributed by atoms with Crippen molar-refractivity contribution in [3.63, 3.8) is 0 Å². The lowest BCUT2D eigenvalue weighted by Crippen LogP contribution is -2.52. The Labute approximate surface area is 119 Å². The van der Waals surface area contributed by atoms with Gasteiger partial charge in [-0.25, -0.2) is 0 Å². The molecule has 1 heterocycles. The minimum atomic E-state index is -0.114. The van der Waals surface area contributed by atoms with E-state index in [-0.39, 0.29) is 11.7 Å². The van der Waals surface area contributed by atoms with E-state index in [1.165, 1.54) is 13.2 Å². The standard InChI is InChI=1S/C15H22N2O3/c1-4-11-10-17(8-7-16(11)2)15(19)13-6-5-12(20-3)9-14(13)18/h5-6,9,11,18H,4,7-8,10H2,1-3H3. The van der Waals surface area contributed by atoms with Gasteiger partial charge < -0.3 is 14.7 Å². The number of likely N-dealkylation sites (N-methyl/N-ethyl adjacent to an activating group) is 1. The number of phenols is 1. The summed E-state index contributed by atoms with van der Waals surface area (Å²) in [5.74, 6) is 0.405. The second-order valence-electron chi connectivity index (χ2n) is 5.18. The maximum absolute atomic E-state index is 12.5. The number of amides is 1. The van der Waals surface area contributed by atoms with Crippen molar-refractivity contribution in [3.05, 3.63) is 23.8 Å². The molecule has 0 aliphatic carbocycles. The van der Waals surface area contributed by atoms with Gasteiger partial charge in [-0.1, -0.05) is 6.92 Å². The number of methoxy groups -OCH3 is 1. The van der Waals surface area contributed by atoms with Crippen molar-refractivity contribution in [2.45, 2.75) is 19.4 Å². The fourth-order valence-electron chi connectivity index (χ4n) is 2.56. The fraction of sp³-hybridized carbons (Fsp3) is 0.533. The summed E-state index contributed by atoms with van der Waals surface area (Å²) in [6, 6.07) is 5.17. The topological polar surface area (TPSA) is 53.0 Å². The number of aromatic hydroxyl groups is 1. The van der Waals surface area contributed by atoms with Gasteiger partial charge in [-0.2, -0.15) is 0 Å². The molecule has 1 amide bonds. The molecule has 1 aromatic rings. The van der Waals surface area contributed by atoms with E-state index in [4.69, 9.17) is 4.74 Å². The molecule has 0 saturated carbocycles. The van der Waals surface area contributed by atoms with E-state index in [0.717, 1.165) is 13.0 Å². The summed E-state index contributed by atoms with van der Waals surface area (Å²) in [7, 11) is 3.61. The molecule has 1 atom stereocenters. The second-order valence-corrected chi connectivity index (χ2v) is 5.18. The number of piperazine rings is 1. The number of benzene rings is 1. The first-order chi connectivity index (χ1) is 9.56. The summed E-state index contributed by atoms with van der Waals surface area (Å²) < 4.78 is 5.03. The maximum atomic E-state index is 12.5. The van der Waals surface area contributed by atoms with Crippen LogP contribution in [0.5, 0.6) is 11.5 Å². The number of ether oxygens (including phenoxy) is 1. The Hall–Kier alpha value is -1.75. The molecule has 110 valence electrons. The van der Waals surface area contributed by atoms with E-state index in [2.05, 4.69) is 18.9 Å². The van der Waals surface area contributed by atoms with Gasteiger partial charge in [0, 0.05) is 31.7 Å². The molecule has 5 nitrogen and oxygen atoms in total. The molecule has 1 aromatic carbocycles. The van der Waals surface area contributed by atoms with Crippen LogP contribution in [0.25, 0.3) is 0 Å². The number of carbonyl (C=O) groups is 1. The van der Waals surface area contributed by atoms with E-state index < -0.39 is 0 Å². The number of phenolic OH excluding ortho intramolecular Hbond substituents is 1. The Kier molecular flexibility index (Phi) is 4.49. The van der Waals surface area contributed by atoms with E-state index >= 15 is 0 Å². The minimum Gasteiger partial charge on any atom is -0.507 e. The van der Waals surface area contributed by atoms with Gasteiger partial charge in [0.1, 0.15) is 11.5 Å². The molecule has 1 N–H and O–H groups in total. The van der Waals surface area contributed by atoms with Crippen LogP contribution in [0.1, 0.15) is 23.7 Å². The molecule has 0 aromatic heterocycles. The lowest BCUT2D eigenvalue weighted by Gasteiger charge is -2.39. The van der Waals surface area contributed by atoms with Crippen molar-refractivity contribution in [1.82, 2.24) is 9.80 Å². The molecule has 1 aliphatic heterocycles. The molecule has 5 heteroatoms. The Balaban J connectivity index is 2.15. The largest absolute Gasteiger partial charge is 0.507 e. The van der Waals surface area contributed by atoms with Crippen LogP contribution in [-0.4, -0.2) is 60.6 Å². The van der Waals surface area contributed by atoms with Gasteiger partial charge in [0.25, 0.3) is 5.91 Å². The smallest absolute Gasteiger partial charge is 0.257 e. The quantitative estimate of drug-likeness (QED) is 0.912. The normalized spacial score (nSPS) is 19.9. The van der Waals surface area contributed by atoms with Crippen molar-refractivity contribution in [2.24, 2.45) is 0 Å². The average Bonchev–Trinajstić information content (AvgIpc) is 2.47. The first-order valence-corrected chi connectivity index (χ1v) is 6.93. The van der Waals surface area contributed by atoms with Crippen molar-refractivity contribution in [3.8, 4) is 11.5 Å². The van der Waals surface area contributed by atoms with Gasteiger partial charge >= 0.3 is 0 Å². The summed E-state index contributed by atoms with van der Waals surface area (Å²) in [4.78, 5) is 16.6. The first kappa shape index (κ1) is 14.7. The third-order valence-electron chi connectivity index (χ3n) is 3.97. The molecule has 20 heavy (non-hydrogen) atoms. The highest BCUT2D eigenvalue weighted by atomic mass is 16.5. The van der Waals surface area contributed by atoms with Crippen LogP contribution in [0.15, 0.2) is 18.2 Å². The molecule has 0 bridgehead atoms. The Morgan fingerprint density at radius 1 is 1.45 bits per heavy atom. The van der Waals surface area contributed by atoms with Crippen LogP contribution >= 0.6 is 0 Å². The van der Waals surface area contributed by atoms with Gasteiger partial charge in [-0.05, 0) is 25.6 Å². The van der Waals surface area contributed by atoms with Crippen LogP contribution in [0.3, 0.4) is 0 Å². The van der Waals surface area contributed by atoms with Crippen LogP contribution in [-0.2, 0) is 0 Å². The lowest BCUT2D eigenvalue weighted by molar-refractivity contribution is 0.0539. The SMILES string of the molecule is CCC1CN(C(=O)c2ccc(OC)cc2O)CCN1C. The predicted octanol–water partition coefficient (Wildman–Crippen LogP) is 1.57. The Morgan fingerprint density at radius 2 is 2.20 bits per heavy atom. The van der Waals surface area contributed by atoms with E-state index in [1.54, 1.807) is 12.1 Å². The monoisotopic (exact) mass is 278 g/mol. The number of hydrogen-bond acceptors (Lipinski definition) is 4. The number of carbonyl (C=O) groups excluding carboxylic acids is 1. The molecule has 0 radical (unpaired) electrons. The van der Waals surface area contributed by atoms with Crippen molar-refractivity contribution >= 4 is 5.91 Å². The summed E-state index contributed by atoms with van der Waals surface area (Å²) in [6.45, 7) is 4.38. The number of rotatable bonds is 3. The number of nitrogens with zero attached hydrogens (tertiary/aromatic N) is 2. The molecular formula is C15H22N2O3. The molecule has 0 spiro atoms. The molecule has 1 unspecified atom stereocenters. The highest BCUT2D eigenvalue weighted by molar-refractivity contribution is 5.97. The second kappa shape index (κ2) is 6.13. The highest BCUT2D eigenvalue weighted by Gasteiger charge is 2.27. The lowest BCUT2D eigenvalue weighted by atomic mass is 10.1. The summed E-state index contributed by atoms with van der Waals surface area (Å²) >= 11 is 0. The predicted molar refractivity (Wildman–Crippen MR) is 77.3 cm³/mol. The van der Waals surface area contributed by atoms with Crippen LogP contribution in [0, 0.1) is 0 Å². The molecule has 1 fully saturated rings. The van der Waals surface area contributed by atoms with Crippen LogP contribution in [0.2, 0.25) is 0 Å². The fourth-order valence-corrected chi connectivity index (χ4v) is 2.56. The van der Waals surface area contributed by atoms with Crippen LogP contribution < -0.4 is 4.74 Å². The van der Waals surface area contributed by atoms with Gasteiger partial charge in [0.2, 0.25) is 0 Å². The average molecular weight is 278 g/mol. The minimum absolute atomic E-state index is 0.0265. The van der Waals surface area contributed by atoms with Gasteiger partial charge in [0.15, 0.2) is 0 Å². The van der Waals surface area contributed by atoms with Gasteiger partial charge in [-0.3, -0.25) is 9.69 Å². The van der Waals surface area contributed by atoms with E-state index in [9.17, 15) is 9.90 Å². The first-order valence-electron chi connectivity index (χ1n) is 6.93. The highest BCUT2D eigenvalue weighted by Crippen LogP contribution is 2.25. The third-order valence-corrected chi connectivity index (χ3v) is 3.97. The molecule has 1 aliphatic rings. The zero-order chi connectivity index (χ0) is 14.7. The van der Waals surface area contributed by atoms with Crippen molar-refractivity contribution < 1.29 is 14.6 Å². The van der Waals surface area contributed by atoms with E-state index in [0.29, 0.717) is 30.4 Å². The zero-order valence-corrected chi connectivity index (χ0v) is 12.3. The Bertz CT molecular complexity index is 490. The molecule has 2 rings (SSSR count). The summed E-state index contributed by atoms with van der Waals surface area (Å²) in [5.41, 5.74) is 0.338. The van der Waals surface area contributed by atoms with Gasteiger partial charge in [-0.15, -0.1) is 0 Å². The number of hydrogen-bond donors (Lipinski definition) is 1. The molecule has 1 saturated heterocycles. The zero-order valence-electron chi connectivity index (χ0n) is 12.3. The maximum Gasteiger partial charge on any atom is 0.257 e. The summed E-state index contributed by atoms with van der Waals surface area (Å²) in [6.07, 6.45) is 1.01. The van der Waals surface area contributed by atoms with Crippen LogP contribution in [0.4, 0.5) is 0 Å². The van der Waals surface area contributed by atoms with Gasteiger partial charge in [0.05, 0.1) is 12.7 Å². The summed E-state index contributed by atoms with van der Waals surface area (Å²) in [5, 5.41) is 9.96. The molecular weight excluding hydrogens is 256 g/mol. The third kappa shape index (κ3) is 2.88. The van der Waals surface area contributed by atoms with E-state index in [1.807, 2.05) is 4.90 Å².